The van der Waals surface area contributed by atoms with Gasteiger partial charge in [-0.25, -0.2) is 8.42 Å². The van der Waals surface area contributed by atoms with E-state index in [0.717, 1.165) is 17.7 Å². The maximum Gasteiger partial charge on any atom is 0.341 e. The standard InChI is InChI=1S/C15H14F2N2O5S/c1-9-7-10(3-6-14(9)24-2)18-12-5-4-11(8-13(12)19(20)21)25(22,23)15(16)17/h3-8,15,18H,1-2H3. The van der Waals surface area contributed by atoms with E-state index in [1.807, 2.05) is 0 Å². The Bertz CT molecular complexity index is 916. The number of alkyl halides is 2. The fraction of sp³-hybridized carbons (Fsp3) is 0.200. The number of anilines is 2. The summed E-state index contributed by atoms with van der Waals surface area (Å²) in [5, 5.41) is 14.0. The van der Waals surface area contributed by atoms with Gasteiger partial charge in [-0.3, -0.25) is 10.1 Å². The molecule has 0 amide bonds. The monoisotopic (exact) mass is 372 g/mol. The first kappa shape index (κ1) is 18.6. The first-order valence-electron chi connectivity index (χ1n) is 6.89. The third-order valence-corrected chi connectivity index (χ3v) is 4.78. The molecule has 7 nitrogen and oxygen atoms in total. The van der Waals surface area contributed by atoms with Gasteiger partial charge in [0, 0.05) is 11.8 Å². The minimum Gasteiger partial charge on any atom is -0.496 e. The van der Waals surface area contributed by atoms with Crippen LogP contribution >= 0.6 is 0 Å². The van der Waals surface area contributed by atoms with E-state index in [4.69, 9.17) is 4.74 Å². The molecule has 0 bridgehead atoms. The number of nitro groups is 1. The summed E-state index contributed by atoms with van der Waals surface area (Å²) >= 11 is 0. The summed E-state index contributed by atoms with van der Waals surface area (Å²) in [6.07, 6.45) is 0. The molecule has 0 saturated heterocycles. The van der Waals surface area contributed by atoms with Gasteiger partial charge in [0.25, 0.3) is 5.69 Å². The van der Waals surface area contributed by atoms with Crippen molar-refractivity contribution in [2.75, 3.05) is 12.4 Å². The average molecular weight is 372 g/mol. The van der Waals surface area contributed by atoms with Crippen LogP contribution in [0.5, 0.6) is 5.75 Å². The van der Waals surface area contributed by atoms with E-state index < -0.39 is 31.1 Å². The summed E-state index contributed by atoms with van der Waals surface area (Å²) in [5.74, 6) is -3.03. The molecule has 0 heterocycles. The van der Waals surface area contributed by atoms with E-state index in [-0.39, 0.29) is 5.69 Å². The normalized spacial score (nSPS) is 11.4. The smallest absolute Gasteiger partial charge is 0.341 e. The Morgan fingerprint density at radius 2 is 1.88 bits per heavy atom. The fourth-order valence-corrected chi connectivity index (χ4v) is 2.90. The molecular weight excluding hydrogens is 358 g/mol. The lowest BCUT2D eigenvalue weighted by Gasteiger charge is -2.11. The quantitative estimate of drug-likeness (QED) is 0.614. The molecule has 1 N–H and O–H groups in total. The van der Waals surface area contributed by atoms with Gasteiger partial charge in [0.15, 0.2) is 0 Å². The fourth-order valence-electron chi connectivity index (χ4n) is 2.16. The zero-order chi connectivity index (χ0) is 18.8. The molecule has 0 saturated carbocycles. The first-order valence-corrected chi connectivity index (χ1v) is 8.43. The lowest BCUT2D eigenvalue weighted by molar-refractivity contribution is -0.384. The molecule has 0 fully saturated rings. The van der Waals surface area contributed by atoms with E-state index in [1.165, 1.54) is 7.11 Å². The van der Waals surface area contributed by atoms with Gasteiger partial charge < -0.3 is 10.1 Å². The summed E-state index contributed by atoms with van der Waals surface area (Å²) in [5.41, 5.74) is 0.607. The third-order valence-electron chi connectivity index (χ3n) is 3.40. The van der Waals surface area contributed by atoms with E-state index in [0.29, 0.717) is 17.5 Å². The van der Waals surface area contributed by atoms with Crippen molar-refractivity contribution in [3.63, 3.8) is 0 Å². The lowest BCUT2D eigenvalue weighted by atomic mass is 10.2. The van der Waals surface area contributed by atoms with Gasteiger partial charge in [-0.2, -0.15) is 8.78 Å². The molecule has 0 aliphatic carbocycles. The predicted octanol–water partition coefficient (Wildman–Crippen LogP) is 3.65. The van der Waals surface area contributed by atoms with Crippen LogP contribution in [0.3, 0.4) is 0 Å². The molecule has 0 aliphatic heterocycles. The Balaban J connectivity index is 2.45. The number of sulfone groups is 1. The molecule has 0 radical (unpaired) electrons. The van der Waals surface area contributed by atoms with Gasteiger partial charge in [-0.1, -0.05) is 0 Å². The number of aryl methyl sites for hydroxylation is 1. The van der Waals surface area contributed by atoms with Crippen molar-refractivity contribution >= 4 is 26.9 Å². The Morgan fingerprint density at radius 1 is 1.20 bits per heavy atom. The Kier molecular flexibility index (Phi) is 5.21. The molecule has 0 aromatic heterocycles. The summed E-state index contributed by atoms with van der Waals surface area (Å²) in [6, 6.07) is 7.52. The average Bonchev–Trinajstić information content (AvgIpc) is 2.54. The number of hydrogen-bond acceptors (Lipinski definition) is 6. The predicted molar refractivity (Wildman–Crippen MR) is 87.3 cm³/mol. The highest BCUT2D eigenvalue weighted by atomic mass is 32.2. The van der Waals surface area contributed by atoms with Gasteiger partial charge in [0.05, 0.1) is 16.9 Å². The molecule has 10 heteroatoms. The number of hydrogen-bond donors (Lipinski definition) is 1. The maximum absolute atomic E-state index is 12.6. The molecular formula is C15H14F2N2O5S. The number of nitrogens with one attached hydrogen (secondary N) is 1. The van der Waals surface area contributed by atoms with Crippen LogP contribution in [-0.4, -0.2) is 26.2 Å². The van der Waals surface area contributed by atoms with Gasteiger partial charge in [0.2, 0.25) is 9.84 Å². The number of rotatable bonds is 6. The molecule has 2 aromatic carbocycles. The van der Waals surface area contributed by atoms with Crippen LogP contribution in [-0.2, 0) is 9.84 Å². The zero-order valence-electron chi connectivity index (χ0n) is 13.2. The van der Waals surface area contributed by atoms with Crippen molar-refractivity contribution in [1.82, 2.24) is 0 Å². The topological polar surface area (TPSA) is 98.5 Å². The van der Waals surface area contributed by atoms with Crippen LogP contribution in [0.4, 0.5) is 25.8 Å². The summed E-state index contributed by atoms with van der Waals surface area (Å²) in [4.78, 5) is 9.53. The summed E-state index contributed by atoms with van der Waals surface area (Å²) in [7, 11) is -3.42. The minimum atomic E-state index is -4.92. The van der Waals surface area contributed by atoms with Crippen LogP contribution in [0.25, 0.3) is 0 Å². The van der Waals surface area contributed by atoms with Crippen molar-refractivity contribution in [3.05, 3.63) is 52.1 Å². The number of ether oxygens (including phenoxy) is 1. The molecule has 2 rings (SSSR count). The van der Waals surface area contributed by atoms with E-state index >= 15 is 0 Å². The van der Waals surface area contributed by atoms with Gasteiger partial charge in [0.1, 0.15) is 11.4 Å². The Hall–Kier alpha value is -2.75. The highest BCUT2D eigenvalue weighted by Gasteiger charge is 2.29. The molecule has 0 atom stereocenters. The van der Waals surface area contributed by atoms with Crippen LogP contribution in [0, 0.1) is 17.0 Å². The number of nitrogens with zero attached hydrogens (tertiary/aromatic N) is 1. The molecule has 0 aliphatic rings. The van der Waals surface area contributed by atoms with E-state index in [2.05, 4.69) is 5.32 Å². The zero-order valence-corrected chi connectivity index (χ0v) is 14.0. The second-order valence-corrected chi connectivity index (χ2v) is 6.97. The SMILES string of the molecule is COc1ccc(Nc2ccc(S(=O)(=O)C(F)F)cc2[N+](=O)[O-])cc1C. The van der Waals surface area contributed by atoms with Gasteiger partial charge in [-0.05, 0) is 42.8 Å². The largest absolute Gasteiger partial charge is 0.496 e. The maximum atomic E-state index is 12.6. The molecule has 0 unspecified atom stereocenters. The second kappa shape index (κ2) is 7.01. The second-order valence-electron chi connectivity index (χ2n) is 5.05. The van der Waals surface area contributed by atoms with Crippen molar-refractivity contribution < 1.29 is 26.9 Å². The molecule has 134 valence electrons. The van der Waals surface area contributed by atoms with Crippen molar-refractivity contribution in [2.24, 2.45) is 0 Å². The number of benzene rings is 2. The van der Waals surface area contributed by atoms with E-state index in [1.54, 1.807) is 25.1 Å². The molecule has 0 spiro atoms. The van der Waals surface area contributed by atoms with Gasteiger partial charge >= 0.3 is 5.76 Å². The van der Waals surface area contributed by atoms with Crippen LogP contribution in [0.15, 0.2) is 41.3 Å². The van der Waals surface area contributed by atoms with Crippen LogP contribution < -0.4 is 10.1 Å². The highest BCUT2D eigenvalue weighted by Crippen LogP contribution is 2.32. The third kappa shape index (κ3) is 3.85. The van der Waals surface area contributed by atoms with Crippen molar-refractivity contribution in [2.45, 2.75) is 17.6 Å². The molecule has 2 aromatic rings. The summed E-state index contributed by atoms with van der Waals surface area (Å²) < 4.78 is 53.3. The van der Waals surface area contributed by atoms with Gasteiger partial charge in [-0.15, -0.1) is 0 Å². The number of methoxy groups -OCH3 is 1. The highest BCUT2D eigenvalue weighted by molar-refractivity contribution is 7.91. The Morgan fingerprint density at radius 3 is 2.40 bits per heavy atom. The molecule has 25 heavy (non-hydrogen) atoms. The number of halogens is 2. The van der Waals surface area contributed by atoms with Crippen molar-refractivity contribution in [1.29, 1.82) is 0 Å². The van der Waals surface area contributed by atoms with Crippen molar-refractivity contribution in [3.8, 4) is 5.75 Å². The lowest BCUT2D eigenvalue weighted by Crippen LogP contribution is -2.12. The summed E-state index contributed by atoms with van der Waals surface area (Å²) in [6.45, 7) is 1.77. The minimum absolute atomic E-state index is 0.0252. The van der Waals surface area contributed by atoms with Crippen LogP contribution in [0.1, 0.15) is 5.56 Å². The first-order chi connectivity index (χ1) is 11.7. The number of nitro benzene ring substituents is 1. The van der Waals surface area contributed by atoms with Crippen LogP contribution in [0.2, 0.25) is 0 Å². The van der Waals surface area contributed by atoms with E-state index in [9.17, 15) is 27.3 Å². The Labute approximate surface area is 142 Å².